The number of hydrogen-bond donors (Lipinski definition) is 2. The first kappa shape index (κ1) is 12.5. The van der Waals surface area contributed by atoms with E-state index in [1.807, 2.05) is 12.1 Å². The number of hydrogen-bond acceptors (Lipinski definition) is 4. The van der Waals surface area contributed by atoms with Crippen molar-refractivity contribution in [2.45, 2.75) is 31.0 Å². The molecule has 0 spiro atoms. The van der Waals surface area contributed by atoms with E-state index < -0.39 is 6.10 Å². The van der Waals surface area contributed by atoms with E-state index in [2.05, 4.69) is 21.2 Å². The van der Waals surface area contributed by atoms with E-state index in [1.165, 1.54) is 11.1 Å². The lowest BCUT2D eigenvalue weighted by molar-refractivity contribution is 0.112. The molecule has 4 nitrogen and oxygen atoms in total. The molecule has 2 aliphatic heterocycles. The van der Waals surface area contributed by atoms with Gasteiger partial charge in [-0.1, -0.05) is 15.9 Å². The normalized spacial score (nSPS) is 29.8. The van der Waals surface area contributed by atoms with E-state index in [9.17, 15) is 5.11 Å². The summed E-state index contributed by atoms with van der Waals surface area (Å²) in [6.07, 6.45) is 3.05. The van der Waals surface area contributed by atoms with Crippen LogP contribution in [-0.2, 0) is 6.42 Å². The summed E-state index contributed by atoms with van der Waals surface area (Å²) in [5, 5.41) is 13.4. The molecular formula is C15H16BrNO3. The minimum atomic E-state index is -0.441. The van der Waals surface area contributed by atoms with E-state index in [4.69, 9.17) is 9.47 Å². The van der Waals surface area contributed by atoms with Crippen LogP contribution in [0.25, 0.3) is 0 Å². The fourth-order valence-electron chi connectivity index (χ4n) is 3.59. The predicted octanol–water partition coefficient (Wildman–Crippen LogP) is 2.10. The van der Waals surface area contributed by atoms with Gasteiger partial charge < -0.3 is 19.9 Å². The Bertz CT molecular complexity index is 614. The molecule has 5 heteroatoms. The quantitative estimate of drug-likeness (QED) is 0.823. The molecule has 2 unspecified atom stereocenters. The number of aliphatic hydroxyl groups is 1. The van der Waals surface area contributed by atoms with Crippen LogP contribution in [0.4, 0.5) is 0 Å². The van der Waals surface area contributed by atoms with Gasteiger partial charge in [-0.15, -0.1) is 0 Å². The van der Waals surface area contributed by atoms with Gasteiger partial charge in [0.1, 0.15) is 6.10 Å². The number of nitrogens with one attached hydrogen (secondary N) is 1. The molecule has 0 saturated heterocycles. The second kappa shape index (κ2) is 4.40. The van der Waals surface area contributed by atoms with Crippen LogP contribution in [0.15, 0.2) is 22.3 Å². The van der Waals surface area contributed by atoms with Crippen molar-refractivity contribution in [3.8, 4) is 11.5 Å². The molecule has 0 bridgehead atoms. The van der Waals surface area contributed by atoms with Crippen molar-refractivity contribution in [1.82, 2.24) is 5.32 Å². The number of rotatable bonds is 1. The van der Waals surface area contributed by atoms with Gasteiger partial charge in [-0.2, -0.15) is 0 Å². The van der Waals surface area contributed by atoms with Gasteiger partial charge in [0.05, 0.1) is 19.1 Å². The molecule has 106 valence electrons. The van der Waals surface area contributed by atoms with Gasteiger partial charge in [-0.3, -0.25) is 0 Å². The van der Waals surface area contributed by atoms with Gasteiger partial charge in [0, 0.05) is 28.7 Å². The molecule has 0 aromatic heterocycles. The fraction of sp³-hybridized carbons (Fsp3) is 0.467. The van der Waals surface area contributed by atoms with Crippen LogP contribution in [0.3, 0.4) is 0 Å². The topological polar surface area (TPSA) is 50.7 Å². The summed E-state index contributed by atoms with van der Waals surface area (Å²) < 4.78 is 12.7. The first-order chi connectivity index (χ1) is 9.69. The van der Waals surface area contributed by atoms with E-state index in [0.717, 1.165) is 34.6 Å². The zero-order valence-electron chi connectivity index (χ0n) is 11.1. The van der Waals surface area contributed by atoms with Crippen LogP contribution in [0, 0.1) is 0 Å². The number of benzene rings is 1. The highest BCUT2D eigenvalue weighted by atomic mass is 79.9. The molecule has 2 heterocycles. The molecule has 2 N–H and O–H groups in total. The number of halogens is 1. The molecule has 0 saturated carbocycles. The van der Waals surface area contributed by atoms with Crippen LogP contribution >= 0.6 is 15.9 Å². The fourth-order valence-corrected chi connectivity index (χ4v) is 4.21. The van der Waals surface area contributed by atoms with E-state index in [0.29, 0.717) is 6.42 Å². The summed E-state index contributed by atoms with van der Waals surface area (Å²) in [4.78, 5) is 0. The Hall–Kier alpha value is -1.20. The summed E-state index contributed by atoms with van der Waals surface area (Å²) in [5.41, 5.74) is 3.61. The van der Waals surface area contributed by atoms with Crippen LogP contribution < -0.4 is 14.8 Å². The van der Waals surface area contributed by atoms with Gasteiger partial charge in [0.2, 0.25) is 0 Å². The van der Waals surface area contributed by atoms with Crippen molar-refractivity contribution in [1.29, 1.82) is 0 Å². The zero-order valence-corrected chi connectivity index (χ0v) is 12.7. The Balaban J connectivity index is 1.97. The molecule has 0 fully saturated rings. The second-order valence-electron chi connectivity index (χ2n) is 5.52. The molecule has 1 aliphatic carbocycles. The molecule has 4 rings (SSSR count). The van der Waals surface area contributed by atoms with Gasteiger partial charge in [0.25, 0.3) is 0 Å². The second-order valence-corrected chi connectivity index (χ2v) is 6.37. The number of methoxy groups -OCH3 is 1. The van der Waals surface area contributed by atoms with Crippen LogP contribution in [0.1, 0.15) is 23.5 Å². The van der Waals surface area contributed by atoms with Gasteiger partial charge >= 0.3 is 0 Å². The molecule has 1 aromatic carbocycles. The third-order valence-corrected chi connectivity index (χ3v) is 5.10. The lowest BCUT2D eigenvalue weighted by Gasteiger charge is -2.28. The lowest BCUT2D eigenvalue weighted by Crippen LogP contribution is -2.34. The van der Waals surface area contributed by atoms with Crippen LogP contribution in [0.2, 0.25) is 0 Å². The molecule has 0 radical (unpaired) electrons. The Labute approximate surface area is 125 Å². The Morgan fingerprint density at radius 3 is 3.15 bits per heavy atom. The largest absolute Gasteiger partial charge is 0.493 e. The molecular weight excluding hydrogens is 322 g/mol. The Kier molecular flexibility index (Phi) is 2.76. The average Bonchev–Trinajstić information content (AvgIpc) is 2.67. The molecule has 0 amide bonds. The van der Waals surface area contributed by atoms with Crippen molar-refractivity contribution < 1.29 is 14.6 Å². The monoisotopic (exact) mass is 337 g/mol. The first-order valence-corrected chi connectivity index (χ1v) is 7.68. The SMILES string of the molecule is COc1cc(Br)c2c3c1OC1C[C@@H](O)C=C(NCC2)C31. The smallest absolute Gasteiger partial charge is 0.165 e. The summed E-state index contributed by atoms with van der Waals surface area (Å²) >= 11 is 3.66. The molecule has 1 aromatic rings. The summed E-state index contributed by atoms with van der Waals surface area (Å²) in [7, 11) is 1.66. The highest BCUT2D eigenvalue weighted by Gasteiger charge is 2.45. The number of ether oxygens (including phenoxy) is 2. The molecule has 3 atom stereocenters. The van der Waals surface area contributed by atoms with Crippen molar-refractivity contribution in [3.63, 3.8) is 0 Å². The van der Waals surface area contributed by atoms with Gasteiger partial charge in [-0.25, -0.2) is 0 Å². The van der Waals surface area contributed by atoms with Crippen molar-refractivity contribution >= 4 is 15.9 Å². The Morgan fingerprint density at radius 2 is 2.35 bits per heavy atom. The van der Waals surface area contributed by atoms with Crippen LogP contribution in [-0.4, -0.2) is 31.0 Å². The maximum Gasteiger partial charge on any atom is 0.165 e. The average molecular weight is 338 g/mol. The highest BCUT2D eigenvalue weighted by Crippen LogP contribution is 2.53. The summed E-state index contributed by atoms with van der Waals surface area (Å²) in [6.45, 7) is 0.874. The van der Waals surface area contributed by atoms with Crippen molar-refractivity contribution in [3.05, 3.63) is 33.4 Å². The van der Waals surface area contributed by atoms with Crippen molar-refractivity contribution in [2.24, 2.45) is 0 Å². The summed E-state index contributed by atoms with van der Waals surface area (Å²) in [5.74, 6) is 1.81. The summed E-state index contributed by atoms with van der Waals surface area (Å²) in [6, 6.07) is 1.98. The predicted molar refractivity (Wildman–Crippen MR) is 78.3 cm³/mol. The van der Waals surface area contributed by atoms with Crippen LogP contribution in [0.5, 0.6) is 11.5 Å². The lowest BCUT2D eigenvalue weighted by atomic mass is 9.83. The minimum Gasteiger partial charge on any atom is -0.493 e. The Morgan fingerprint density at radius 1 is 1.50 bits per heavy atom. The highest BCUT2D eigenvalue weighted by molar-refractivity contribution is 9.10. The van der Waals surface area contributed by atoms with E-state index in [1.54, 1.807) is 7.11 Å². The number of aliphatic hydroxyl groups excluding tert-OH is 1. The van der Waals surface area contributed by atoms with Gasteiger partial charge in [0.15, 0.2) is 11.5 Å². The third-order valence-electron chi connectivity index (χ3n) is 4.40. The van der Waals surface area contributed by atoms with E-state index in [-0.39, 0.29) is 12.0 Å². The third kappa shape index (κ3) is 1.63. The van der Waals surface area contributed by atoms with Crippen molar-refractivity contribution in [2.75, 3.05) is 13.7 Å². The van der Waals surface area contributed by atoms with E-state index >= 15 is 0 Å². The molecule has 20 heavy (non-hydrogen) atoms. The standard InChI is InChI=1S/C15H16BrNO3/c1-19-12-6-9(16)8-2-3-17-10-4-7(18)5-11-14(10)13(8)15(12)20-11/h4,6-7,11,14,17-18H,2-3,5H2,1H3/t7-,11?,14?/m0/s1. The first-order valence-electron chi connectivity index (χ1n) is 6.88. The minimum absolute atomic E-state index is 0.00690. The maximum absolute atomic E-state index is 9.99. The maximum atomic E-state index is 9.99. The van der Waals surface area contributed by atoms with Gasteiger partial charge in [-0.05, 0) is 24.1 Å². The molecule has 3 aliphatic rings. The zero-order chi connectivity index (χ0) is 13.9.